The topological polar surface area (TPSA) is 79.7 Å². The maximum Gasteiger partial charge on any atom is 0.272 e. The minimum absolute atomic E-state index is 0.0829. The zero-order valence-electron chi connectivity index (χ0n) is 14.0. The number of aryl methyl sites for hydroxylation is 3. The van der Waals surface area contributed by atoms with E-state index in [9.17, 15) is 4.79 Å². The summed E-state index contributed by atoms with van der Waals surface area (Å²) in [5, 5.41) is 11.5. The summed E-state index contributed by atoms with van der Waals surface area (Å²) in [7, 11) is 1.82. The van der Waals surface area contributed by atoms with Crippen molar-refractivity contribution in [2.24, 2.45) is 13.0 Å². The molecule has 2 aromatic heterocycles. The van der Waals surface area contributed by atoms with Crippen LogP contribution in [0, 0.1) is 12.8 Å². The number of likely N-dealkylation sites (tertiary alicyclic amines) is 1. The highest BCUT2D eigenvalue weighted by atomic mass is 16.2. The maximum atomic E-state index is 12.6. The number of nitrogens with zero attached hydrogens (tertiary/aromatic N) is 5. The van der Waals surface area contributed by atoms with E-state index in [1.807, 2.05) is 24.9 Å². The Kier molecular flexibility index (Phi) is 4.45. The van der Waals surface area contributed by atoms with E-state index in [0.717, 1.165) is 56.1 Å². The van der Waals surface area contributed by atoms with E-state index in [4.69, 9.17) is 0 Å². The molecule has 124 valence electrons. The summed E-state index contributed by atoms with van der Waals surface area (Å²) < 4.78 is 1.67. The lowest BCUT2D eigenvalue weighted by molar-refractivity contribution is 0.0678. The van der Waals surface area contributed by atoms with Gasteiger partial charge in [-0.3, -0.25) is 14.6 Å². The van der Waals surface area contributed by atoms with Crippen molar-refractivity contribution in [3.8, 4) is 0 Å². The summed E-state index contributed by atoms with van der Waals surface area (Å²) in [6.07, 6.45) is 3.78. The third kappa shape index (κ3) is 3.43. The molecule has 0 aliphatic carbocycles. The van der Waals surface area contributed by atoms with Gasteiger partial charge in [0.05, 0.1) is 5.69 Å². The van der Waals surface area contributed by atoms with E-state index in [-0.39, 0.29) is 5.91 Å². The number of rotatable bonds is 4. The molecule has 7 heteroatoms. The summed E-state index contributed by atoms with van der Waals surface area (Å²) in [6.45, 7) is 5.55. The summed E-state index contributed by atoms with van der Waals surface area (Å²) >= 11 is 0. The average Bonchev–Trinajstić information content (AvgIpc) is 3.13. The third-order valence-corrected chi connectivity index (χ3v) is 4.50. The molecule has 1 amide bonds. The third-order valence-electron chi connectivity index (χ3n) is 4.50. The minimum Gasteiger partial charge on any atom is -0.337 e. The van der Waals surface area contributed by atoms with Crippen LogP contribution in [-0.2, 0) is 19.9 Å². The SMILES string of the molecule is CCc1n[nH]c(CC2CCN(C(=O)c3cc(C)nn3C)CC2)n1. The quantitative estimate of drug-likeness (QED) is 0.927. The number of hydrogen-bond donors (Lipinski definition) is 1. The zero-order chi connectivity index (χ0) is 16.4. The molecule has 1 fully saturated rings. The van der Waals surface area contributed by atoms with Crippen molar-refractivity contribution >= 4 is 5.91 Å². The second kappa shape index (κ2) is 6.52. The number of nitrogens with one attached hydrogen (secondary N) is 1. The van der Waals surface area contributed by atoms with E-state index < -0.39 is 0 Å². The van der Waals surface area contributed by atoms with Crippen LogP contribution in [0.2, 0.25) is 0 Å². The Balaban J connectivity index is 1.55. The predicted molar refractivity (Wildman–Crippen MR) is 86.0 cm³/mol. The molecule has 0 bridgehead atoms. The lowest BCUT2D eigenvalue weighted by atomic mass is 9.93. The Morgan fingerprint density at radius 3 is 2.70 bits per heavy atom. The highest BCUT2D eigenvalue weighted by Gasteiger charge is 2.26. The highest BCUT2D eigenvalue weighted by Crippen LogP contribution is 2.22. The first-order valence-corrected chi connectivity index (χ1v) is 8.27. The van der Waals surface area contributed by atoms with Crippen molar-refractivity contribution in [2.75, 3.05) is 13.1 Å². The molecule has 23 heavy (non-hydrogen) atoms. The molecular weight excluding hydrogens is 292 g/mol. The fraction of sp³-hybridized carbons (Fsp3) is 0.625. The Hall–Kier alpha value is -2.18. The van der Waals surface area contributed by atoms with Gasteiger partial charge in [0.15, 0.2) is 0 Å². The Labute approximate surface area is 136 Å². The molecule has 3 heterocycles. The number of aromatic amines is 1. The van der Waals surface area contributed by atoms with Crippen molar-refractivity contribution in [3.05, 3.63) is 29.1 Å². The molecule has 1 saturated heterocycles. The van der Waals surface area contributed by atoms with Gasteiger partial charge in [-0.2, -0.15) is 10.2 Å². The molecule has 0 radical (unpaired) electrons. The fourth-order valence-electron chi connectivity index (χ4n) is 3.17. The van der Waals surface area contributed by atoms with Gasteiger partial charge in [0.2, 0.25) is 0 Å². The Morgan fingerprint density at radius 1 is 1.39 bits per heavy atom. The second-order valence-electron chi connectivity index (χ2n) is 6.29. The predicted octanol–water partition coefficient (Wildman–Crippen LogP) is 1.50. The van der Waals surface area contributed by atoms with Gasteiger partial charge in [0, 0.05) is 33.0 Å². The number of H-pyrrole nitrogens is 1. The van der Waals surface area contributed by atoms with Crippen LogP contribution in [0.4, 0.5) is 0 Å². The molecule has 0 saturated carbocycles. The van der Waals surface area contributed by atoms with Crippen LogP contribution in [-0.4, -0.2) is 48.9 Å². The first kappa shape index (κ1) is 15.7. The Morgan fingerprint density at radius 2 is 2.13 bits per heavy atom. The van der Waals surface area contributed by atoms with Crippen molar-refractivity contribution in [2.45, 2.75) is 39.5 Å². The summed E-state index contributed by atoms with van der Waals surface area (Å²) in [6, 6.07) is 1.86. The molecule has 3 rings (SSSR count). The van der Waals surface area contributed by atoms with E-state index in [2.05, 4.69) is 27.2 Å². The van der Waals surface area contributed by atoms with Gasteiger partial charge in [-0.1, -0.05) is 6.92 Å². The van der Waals surface area contributed by atoms with Crippen molar-refractivity contribution < 1.29 is 4.79 Å². The largest absolute Gasteiger partial charge is 0.337 e. The van der Waals surface area contributed by atoms with Gasteiger partial charge < -0.3 is 4.90 Å². The first-order valence-electron chi connectivity index (χ1n) is 8.27. The van der Waals surface area contributed by atoms with Crippen LogP contribution in [0.15, 0.2) is 6.07 Å². The van der Waals surface area contributed by atoms with Gasteiger partial charge in [-0.05, 0) is 31.7 Å². The van der Waals surface area contributed by atoms with Crippen LogP contribution < -0.4 is 0 Å². The molecule has 2 aromatic rings. The van der Waals surface area contributed by atoms with Crippen LogP contribution in [0.3, 0.4) is 0 Å². The van der Waals surface area contributed by atoms with Gasteiger partial charge in [0.25, 0.3) is 5.91 Å². The second-order valence-corrected chi connectivity index (χ2v) is 6.29. The number of carbonyl (C=O) groups excluding carboxylic acids is 1. The summed E-state index contributed by atoms with van der Waals surface area (Å²) in [4.78, 5) is 19.0. The number of piperidine rings is 1. The standard InChI is InChI=1S/C16H24N6O/c1-4-14-17-15(19-18-14)10-12-5-7-22(8-6-12)16(23)13-9-11(2)20-21(13)3/h9,12H,4-8,10H2,1-3H3,(H,17,18,19). The van der Waals surface area contributed by atoms with Crippen LogP contribution in [0.1, 0.15) is 47.6 Å². The smallest absolute Gasteiger partial charge is 0.272 e. The molecule has 0 spiro atoms. The van der Waals surface area contributed by atoms with Gasteiger partial charge in [0.1, 0.15) is 17.3 Å². The number of amides is 1. The number of carbonyl (C=O) groups is 1. The molecule has 0 atom stereocenters. The average molecular weight is 316 g/mol. The van der Waals surface area contributed by atoms with E-state index in [1.165, 1.54) is 0 Å². The summed E-state index contributed by atoms with van der Waals surface area (Å²) in [5.74, 6) is 2.48. The first-order chi connectivity index (χ1) is 11.1. The number of hydrogen-bond acceptors (Lipinski definition) is 4. The van der Waals surface area contributed by atoms with Gasteiger partial charge in [-0.25, -0.2) is 4.98 Å². The lowest BCUT2D eigenvalue weighted by Crippen LogP contribution is -2.39. The van der Waals surface area contributed by atoms with Gasteiger partial charge >= 0.3 is 0 Å². The van der Waals surface area contributed by atoms with E-state index in [0.29, 0.717) is 11.6 Å². The molecule has 1 N–H and O–H groups in total. The number of aromatic nitrogens is 5. The van der Waals surface area contributed by atoms with Crippen molar-refractivity contribution in [1.29, 1.82) is 0 Å². The van der Waals surface area contributed by atoms with E-state index >= 15 is 0 Å². The normalized spacial score (nSPS) is 16.0. The zero-order valence-corrected chi connectivity index (χ0v) is 14.0. The van der Waals surface area contributed by atoms with Crippen molar-refractivity contribution in [3.63, 3.8) is 0 Å². The molecule has 1 aliphatic heterocycles. The highest BCUT2D eigenvalue weighted by molar-refractivity contribution is 5.92. The fourth-order valence-corrected chi connectivity index (χ4v) is 3.17. The minimum atomic E-state index is 0.0829. The molecular formula is C16H24N6O. The molecule has 0 aromatic carbocycles. The summed E-state index contributed by atoms with van der Waals surface area (Å²) in [5.41, 5.74) is 1.55. The van der Waals surface area contributed by atoms with Crippen LogP contribution in [0.25, 0.3) is 0 Å². The van der Waals surface area contributed by atoms with Crippen LogP contribution >= 0.6 is 0 Å². The Bertz CT molecular complexity index is 681. The molecule has 1 aliphatic rings. The molecule has 0 unspecified atom stereocenters. The molecule has 7 nitrogen and oxygen atoms in total. The van der Waals surface area contributed by atoms with E-state index in [1.54, 1.807) is 4.68 Å². The maximum absolute atomic E-state index is 12.6. The monoisotopic (exact) mass is 316 g/mol. The van der Waals surface area contributed by atoms with Gasteiger partial charge in [-0.15, -0.1) is 0 Å². The van der Waals surface area contributed by atoms with Crippen molar-refractivity contribution in [1.82, 2.24) is 29.9 Å². The van der Waals surface area contributed by atoms with Crippen LogP contribution in [0.5, 0.6) is 0 Å². The lowest BCUT2D eigenvalue weighted by Gasteiger charge is -2.31.